The summed E-state index contributed by atoms with van der Waals surface area (Å²) in [5.74, 6) is 0. The second kappa shape index (κ2) is 13.1. The fourth-order valence-corrected chi connectivity index (χ4v) is 3.01. The molecule has 2 N–H and O–H groups in total. The van der Waals surface area contributed by atoms with Crippen molar-refractivity contribution in [3.8, 4) is 0 Å². The highest BCUT2D eigenvalue weighted by Crippen LogP contribution is 2.16. The molecule has 9 heteroatoms. The fourth-order valence-electron chi connectivity index (χ4n) is 1.83. The number of benzene rings is 1. The van der Waals surface area contributed by atoms with Crippen LogP contribution in [0, 0.1) is 10.1 Å². The zero-order chi connectivity index (χ0) is 17.9. The number of nitrogens with zero attached hydrogens (tertiary/aromatic N) is 1. The largest absolute Gasteiger partial charge is 1.00 e. The zero-order valence-corrected chi connectivity index (χ0v) is 16.3. The predicted molar refractivity (Wildman–Crippen MR) is 91.2 cm³/mol. The summed E-state index contributed by atoms with van der Waals surface area (Å²) >= 11 is 0. The fraction of sp³-hybridized carbons (Fsp3) is 0.600. The van der Waals surface area contributed by atoms with Crippen LogP contribution in [0.15, 0.2) is 29.2 Å². The van der Waals surface area contributed by atoms with Crippen molar-refractivity contribution in [1.82, 2.24) is 4.72 Å². The minimum Gasteiger partial charge on any atom is -1.00 e. The van der Waals surface area contributed by atoms with Crippen molar-refractivity contribution in [1.29, 1.82) is 0 Å². The Morgan fingerprint density at radius 1 is 1.12 bits per heavy atom. The molecule has 0 heterocycles. The van der Waals surface area contributed by atoms with Gasteiger partial charge in [0.25, 0.3) is 5.69 Å². The van der Waals surface area contributed by atoms with E-state index in [1.54, 1.807) is 4.90 Å². The Hall–Kier alpha value is -1.22. The Bertz CT molecular complexity index is 572. The van der Waals surface area contributed by atoms with Crippen LogP contribution in [0.4, 0.5) is 5.69 Å². The van der Waals surface area contributed by atoms with Crippen LogP contribution in [-0.2, 0) is 10.0 Å². The van der Waals surface area contributed by atoms with Gasteiger partial charge in [-0.1, -0.05) is 13.0 Å². The summed E-state index contributed by atoms with van der Waals surface area (Å²) in [6.45, 7) is 12.6. The van der Waals surface area contributed by atoms with Crippen LogP contribution >= 0.6 is 0 Å². The molecule has 0 radical (unpaired) electrons. The molecule has 0 unspecified atom stereocenters. The predicted octanol–water partition coefficient (Wildman–Crippen LogP) is -1.78. The molecule has 24 heavy (non-hydrogen) atoms. The third-order valence-corrected chi connectivity index (χ3v) is 4.84. The number of hydrogen-bond donors (Lipinski definition) is 2. The Morgan fingerprint density at radius 3 is 2.04 bits per heavy atom. The highest BCUT2D eigenvalue weighted by atomic mass is 35.5. The molecule has 0 aliphatic rings. The highest BCUT2D eigenvalue weighted by molar-refractivity contribution is 7.89. The summed E-state index contributed by atoms with van der Waals surface area (Å²) in [7, 11) is -3.63. The van der Waals surface area contributed by atoms with Crippen LogP contribution in [0.3, 0.4) is 0 Å². The van der Waals surface area contributed by atoms with E-state index in [2.05, 4.69) is 25.5 Å². The van der Waals surface area contributed by atoms with Gasteiger partial charge in [0.05, 0.1) is 29.5 Å². The Balaban J connectivity index is 0. The van der Waals surface area contributed by atoms with Crippen molar-refractivity contribution in [2.24, 2.45) is 0 Å². The molecular weight excluding hydrogens is 354 g/mol. The summed E-state index contributed by atoms with van der Waals surface area (Å²) < 4.78 is 25.6. The van der Waals surface area contributed by atoms with E-state index in [1.165, 1.54) is 37.8 Å². The Kier molecular flexibility index (Phi) is 13.7. The van der Waals surface area contributed by atoms with Gasteiger partial charge in [-0.05, 0) is 33.3 Å². The van der Waals surface area contributed by atoms with Crippen molar-refractivity contribution in [3.63, 3.8) is 0 Å². The van der Waals surface area contributed by atoms with Gasteiger partial charge < -0.3 is 17.3 Å². The molecule has 0 aromatic heterocycles. The zero-order valence-electron chi connectivity index (χ0n) is 14.7. The van der Waals surface area contributed by atoms with Gasteiger partial charge in [-0.3, -0.25) is 10.1 Å². The van der Waals surface area contributed by atoms with Gasteiger partial charge in [0.2, 0.25) is 10.0 Å². The maximum absolute atomic E-state index is 11.6. The van der Waals surface area contributed by atoms with Gasteiger partial charge in [-0.25, -0.2) is 13.1 Å². The van der Waals surface area contributed by atoms with E-state index in [0.29, 0.717) is 13.0 Å². The van der Waals surface area contributed by atoms with E-state index < -0.39 is 14.9 Å². The second-order valence-electron chi connectivity index (χ2n) is 4.96. The number of nitro benzene ring substituents is 1. The molecule has 0 amide bonds. The number of nitrogens with one attached hydrogen (secondary N) is 2. The van der Waals surface area contributed by atoms with Crippen molar-refractivity contribution in [3.05, 3.63) is 34.4 Å². The summed E-state index contributed by atoms with van der Waals surface area (Å²) in [6.07, 6.45) is 0.661. The smallest absolute Gasteiger partial charge is 0.270 e. The van der Waals surface area contributed by atoms with Gasteiger partial charge in [-0.2, -0.15) is 0 Å². The number of halogens is 1. The van der Waals surface area contributed by atoms with E-state index in [0.717, 1.165) is 6.07 Å². The normalized spacial score (nSPS) is 10.5. The second-order valence-corrected chi connectivity index (χ2v) is 6.73. The van der Waals surface area contributed by atoms with Crippen molar-refractivity contribution in [2.75, 3.05) is 26.2 Å². The number of non-ortho nitro benzene ring substituents is 1. The first-order valence-electron chi connectivity index (χ1n) is 7.89. The third kappa shape index (κ3) is 9.17. The lowest BCUT2D eigenvalue weighted by Crippen LogP contribution is -3.11. The van der Waals surface area contributed by atoms with Crippen LogP contribution in [0.25, 0.3) is 0 Å². The van der Waals surface area contributed by atoms with Gasteiger partial charge in [0.15, 0.2) is 0 Å². The molecule has 1 aromatic carbocycles. The standard InChI is InChI=1S/C9H12N2O4S.C6H15N.ClH/c1-2-6-10-16(14,15)9-5-3-4-8(7-9)11(12)13;1-4-7(5-2)6-3;/h3-5,7,10H,2,6H2,1H3;4-6H2,1-3H3;1H. The molecule has 0 aliphatic carbocycles. The van der Waals surface area contributed by atoms with E-state index in [9.17, 15) is 18.5 Å². The van der Waals surface area contributed by atoms with E-state index >= 15 is 0 Å². The summed E-state index contributed by atoms with van der Waals surface area (Å²) in [6, 6.07) is 4.96. The van der Waals surface area contributed by atoms with E-state index in [-0.39, 0.29) is 23.0 Å². The van der Waals surface area contributed by atoms with Gasteiger partial charge in [0.1, 0.15) is 0 Å². The monoisotopic (exact) mass is 381 g/mol. The number of hydrogen-bond acceptors (Lipinski definition) is 4. The number of sulfonamides is 1. The first-order valence-corrected chi connectivity index (χ1v) is 9.38. The highest BCUT2D eigenvalue weighted by Gasteiger charge is 2.16. The molecule has 1 aromatic rings. The van der Waals surface area contributed by atoms with Crippen molar-refractivity contribution >= 4 is 15.7 Å². The molecular formula is C15H28ClN3O4S. The van der Waals surface area contributed by atoms with E-state index in [1.807, 2.05) is 6.92 Å². The van der Waals surface area contributed by atoms with Crippen LogP contribution in [0.2, 0.25) is 0 Å². The third-order valence-electron chi connectivity index (χ3n) is 3.38. The molecule has 0 saturated heterocycles. The Labute approximate surface area is 151 Å². The topological polar surface area (TPSA) is 93.8 Å². The van der Waals surface area contributed by atoms with Crippen molar-refractivity contribution in [2.45, 2.75) is 39.0 Å². The minimum atomic E-state index is -3.63. The lowest BCUT2D eigenvalue weighted by Gasteiger charge is -2.10. The number of nitro groups is 1. The minimum absolute atomic E-state index is 0. The molecule has 0 saturated carbocycles. The summed E-state index contributed by atoms with van der Waals surface area (Å²) in [5.41, 5.74) is -0.237. The van der Waals surface area contributed by atoms with Gasteiger partial charge in [0, 0.05) is 18.7 Å². The summed E-state index contributed by atoms with van der Waals surface area (Å²) in [4.78, 5) is 11.5. The molecule has 140 valence electrons. The lowest BCUT2D eigenvalue weighted by molar-refractivity contribution is -0.894. The molecule has 0 aliphatic heterocycles. The number of rotatable bonds is 8. The SMILES string of the molecule is CCCNS(=O)(=O)c1cccc([N+](=O)[O-])c1.CC[NH+](CC)CC.[Cl-]. The molecule has 0 atom stereocenters. The molecule has 0 fully saturated rings. The molecule has 1 rings (SSSR count). The van der Waals surface area contributed by atoms with Gasteiger partial charge >= 0.3 is 0 Å². The molecule has 0 bridgehead atoms. The van der Waals surface area contributed by atoms with Gasteiger partial charge in [-0.15, -0.1) is 0 Å². The maximum Gasteiger partial charge on any atom is 0.270 e. The average Bonchev–Trinajstić information content (AvgIpc) is 2.55. The average molecular weight is 382 g/mol. The van der Waals surface area contributed by atoms with Crippen molar-refractivity contribution < 1.29 is 30.6 Å². The van der Waals surface area contributed by atoms with Crippen LogP contribution in [0.1, 0.15) is 34.1 Å². The lowest BCUT2D eigenvalue weighted by atomic mass is 10.3. The first-order chi connectivity index (χ1) is 10.8. The van der Waals surface area contributed by atoms with Crippen LogP contribution < -0.4 is 22.0 Å². The maximum atomic E-state index is 11.6. The van der Waals surface area contributed by atoms with E-state index in [4.69, 9.17) is 0 Å². The molecule has 7 nitrogen and oxygen atoms in total. The van der Waals surface area contributed by atoms with Crippen LogP contribution in [0.5, 0.6) is 0 Å². The quantitative estimate of drug-likeness (QED) is 0.411. The summed E-state index contributed by atoms with van der Waals surface area (Å²) in [5, 5.41) is 10.5. The number of quaternary nitrogens is 1. The first kappa shape index (κ1) is 25.0. The van der Waals surface area contributed by atoms with Crippen LogP contribution in [-0.4, -0.2) is 39.5 Å². The molecule has 0 spiro atoms. The Morgan fingerprint density at radius 2 is 1.67 bits per heavy atom.